The minimum Gasteiger partial charge on any atom is -0.507 e. The quantitative estimate of drug-likeness (QED) is 0.123. The molecule has 1 atom stereocenters. The van der Waals surface area contributed by atoms with Crippen LogP contribution in [-0.4, -0.2) is 75.5 Å². The maximum Gasteiger partial charge on any atom is 0.475 e. The second kappa shape index (κ2) is 11.2. The smallest absolute Gasteiger partial charge is 0.475 e. The number of carbonyl (C=O) groups excluding carboxylic acids is 2. The van der Waals surface area contributed by atoms with Gasteiger partial charge in [-0.3, -0.25) is 9.59 Å². The molecule has 0 radical (unpaired) electrons. The van der Waals surface area contributed by atoms with Gasteiger partial charge in [-0.05, 0) is 18.1 Å². The molecule has 2 rings (SSSR count). The number of nitrogens with two attached hydrogens (primary N) is 1. The van der Waals surface area contributed by atoms with E-state index in [-0.39, 0.29) is 40.6 Å². The lowest BCUT2D eigenvalue weighted by molar-refractivity contribution is -0.115. The highest BCUT2D eigenvalue weighted by molar-refractivity contribution is 7.14. The highest BCUT2D eigenvalue weighted by Crippen LogP contribution is 2.24. The highest BCUT2D eigenvalue weighted by Gasteiger charge is 2.30. The summed E-state index contributed by atoms with van der Waals surface area (Å²) in [5, 5.41) is 48.6. The molecule has 0 aliphatic rings. The van der Waals surface area contributed by atoms with Crippen LogP contribution < -0.4 is 16.4 Å². The Kier molecular flexibility index (Phi) is 8.66. The van der Waals surface area contributed by atoms with Crippen LogP contribution in [0.5, 0.6) is 5.75 Å². The van der Waals surface area contributed by atoms with Crippen molar-refractivity contribution in [2.45, 2.75) is 12.4 Å². The summed E-state index contributed by atoms with van der Waals surface area (Å²) in [6.07, 6.45) is -0.314. The molecule has 13 nitrogen and oxygen atoms in total. The normalized spacial score (nSPS) is 12.1. The maximum absolute atomic E-state index is 12.7. The topological polar surface area (TPSA) is 217 Å². The lowest BCUT2D eigenvalue weighted by Crippen LogP contribution is -2.50. The number of rotatable bonds is 10. The first-order chi connectivity index (χ1) is 15.2. The summed E-state index contributed by atoms with van der Waals surface area (Å²) in [7, 11) is -0.879. The number of phenols is 1. The zero-order chi connectivity index (χ0) is 23.8. The number of benzene rings is 1. The van der Waals surface area contributed by atoms with E-state index < -0.39 is 36.6 Å². The molecular weight excluding hydrogens is 445 g/mol. The predicted octanol–water partition coefficient (Wildman–Crippen LogP) is -1.47. The van der Waals surface area contributed by atoms with Crippen molar-refractivity contribution >= 4 is 47.1 Å². The zero-order valence-electron chi connectivity index (χ0n) is 16.7. The summed E-state index contributed by atoms with van der Waals surface area (Å²) in [6.45, 7) is -0.263. The number of carboxylic acids is 1. The standard InChI is InChI=1S/C17H20BN5O8S/c1-31-23-13(10-7-32-17(20-10)22-12(24)6-19)15(26)21-11(18(29)30)5-8-3-2-4-9(14(8)25)16(27)28/h2-4,7,11,25,29-30H,5-6,19H2,1H3,(H,21,26)(H,27,28)(H,20,22,24)/b23-13-/t11-/m0/s1. The largest absolute Gasteiger partial charge is 0.507 e. The maximum atomic E-state index is 12.7. The Bertz CT molecular complexity index is 1030. The molecule has 0 fully saturated rings. The predicted molar refractivity (Wildman–Crippen MR) is 114 cm³/mol. The number of para-hydroxylation sites is 1. The van der Waals surface area contributed by atoms with Crippen molar-refractivity contribution in [3.05, 3.63) is 40.4 Å². The van der Waals surface area contributed by atoms with Gasteiger partial charge in [0.2, 0.25) is 5.91 Å². The zero-order valence-corrected chi connectivity index (χ0v) is 17.5. The van der Waals surface area contributed by atoms with E-state index in [2.05, 4.69) is 25.6 Å². The van der Waals surface area contributed by atoms with E-state index in [1.165, 1.54) is 30.7 Å². The Morgan fingerprint density at radius 1 is 1.34 bits per heavy atom. The molecule has 1 aromatic heterocycles. The molecule has 1 aromatic carbocycles. The van der Waals surface area contributed by atoms with Crippen molar-refractivity contribution in [1.29, 1.82) is 0 Å². The molecule has 0 aliphatic heterocycles. The number of aromatic carboxylic acids is 1. The molecule has 0 spiro atoms. The van der Waals surface area contributed by atoms with Gasteiger partial charge in [0.15, 0.2) is 10.8 Å². The summed E-state index contributed by atoms with van der Waals surface area (Å²) in [4.78, 5) is 44.0. The minimum absolute atomic E-state index is 0.0311. The fraction of sp³-hybridized carbons (Fsp3) is 0.235. The van der Waals surface area contributed by atoms with Crippen molar-refractivity contribution in [2.75, 3.05) is 19.0 Å². The average molecular weight is 465 g/mol. The van der Waals surface area contributed by atoms with E-state index in [0.29, 0.717) is 0 Å². The minimum atomic E-state index is -2.06. The number of aromatic hydroxyl groups is 1. The summed E-state index contributed by atoms with van der Waals surface area (Å²) in [6, 6.07) is 3.92. The summed E-state index contributed by atoms with van der Waals surface area (Å²) in [5.41, 5.74) is 4.61. The number of carbonyl (C=O) groups is 3. The first-order valence-electron chi connectivity index (χ1n) is 8.96. The third kappa shape index (κ3) is 6.24. The number of nitrogens with one attached hydrogen (secondary N) is 2. The molecule has 2 aromatic rings. The molecule has 2 amide bonds. The third-order valence-corrected chi connectivity index (χ3v) is 4.80. The van der Waals surface area contributed by atoms with Crippen LogP contribution in [0.15, 0.2) is 28.7 Å². The van der Waals surface area contributed by atoms with Gasteiger partial charge in [0, 0.05) is 5.38 Å². The van der Waals surface area contributed by atoms with Gasteiger partial charge < -0.3 is 41.5 Å². The lowest BCUT2D eigenvalue weighted by Gasteiger charge is -2.19. The third-order valence-electron chi connectivity index (χ3n) is 4.04. The van der Waals surface area contributed by atoms with Crippen molar-refractivity contribution < 1.29 is 39.5 Å². The average Bonchev–Trinajstić information content (AvgIpc) is 3.20. The molecule has 0 unspecified atom stereocenters. The van der Waals surface area contributed by atoms with Gasteiger partial charge in [0.1, 0.15) is 24.1 Å². The van der Waals surface area contributed by atoms with E-state index in [0.717, 1.165) is 11.3 Å². The number of hydrogen-bond acceptors (Lipinski definition) is 11. The molecule has 0 saturated carbocycles. The molecule has 170 valence electrons. The van der Waals surface area contributed by atoms with Crippen molar-refractivity contribution in [3.8, 4) is 5.75 Å². The van der Waals surface area contributed by atoms with Crippen LogP contribution in [-0.2, 0) is 20.8 Å². The van der Waals surface area contributed by atoms with Crippen molar-refractivity contribution in [1.82, 2.24) is 10.3 Å². The Morgan fingerprint density at radius 3 is 2.66 bits per heavy atom. The van der Waals surface area contributed by atoms with Crippen LogP contribution in [0.4, 0.5) is 5.13 Å². The number of hydrogen-bond donors (Lipinski definition) is 7. The van der Waals surface area contributed by atoms with E-state index in [4.69, 9.17) is 10.8 Å². The van der Waals surface area contributed by atoms with E-state index in [1.807, 2.05) is 0 Å². The monoisotopic (exact) mass is 465 g/mol. The van der Waals surface area contributed by atoms with Crippen LogP contribution in [0.3, 0.4) is 0 Å². The van der Waals surface area contributed by atoms with Crippen molar-refractivity contribution in [2.24, 2.45) is 10.9 Å². The van der Waals surface area contributed by atoms with Crippen molar-refractivity contribution in [3.63, 3.8) is 0 Å². The molecule has 0 bridgehead atoms. The molecular formula is C17H20BN5O8S. The highest BCUT2D eigenvalue weighted by atomic mass is 32.1. The molecule has 32 heavy (non-hydrogen) atoms. The van der Waals surface area contributed by atoms with Crippen LogP contribution in [0.2, 0.25) is 0 Å². The number of aromatic nitrogens is 1. The fourth-order valence-electron chi connectivity index (χ4n) is 2.54. The van der Waals surface area contributed by atoms with Crippen LogP contribution in [0.1, 0.15) is 21.6 Å². The number of nitrogens with zero attached hydrogens (tertiary/aromatic N) is 2. The number of anilines is 1. The molecule has 8 N–H and O–H groups in total. The van der Waals surface area contributed by atoms with Gasteiger partial charge in [0.25, 0.3) is 5.91 Å². The van der Waals surface area contributed by atoms with E-state index in [1.54, 1.807) is 0 Å². The number of oxime groups is 1. The van der Waals surface area contributed by atoms with Crippen LogP contribution in [0.25, 0.3) is 0 Å². The SMILES string of the molecule is CO/N=C(\C(=O)N[C@@H](Cc1cccc(C(=O)O)c1O)B(O)O)c1csc(NC(=O)CN)n1. The van der Waals surface area contributed by atoms with Gasteiger partial charge in [0.05, 0.1) is 12.5 Å². The molecule has 0 aliphatic carbocycles. The second-order valence-electron chi connectivity index (χ2n) is 6.23. The van der Waals surface area contributed by atoms with Gasteiger partial charge in [-0.1, -0.05) is 17.3 Å². The summed E-state index contributed by atoms with van der Waals surface area (Å²) < 4.78 is 0. The van der Waals surface area contributed by atoms with E-state index in [9.17, 15) is 29.5 Å². The number of thiazole rings is 1. The Labute approximate surface area is 185 Å². The van der Waals surface area contributed by atoms with Gasteiger partial charge >= 0.3 is 13.1 Å². The van der Waals surface area contributed by atoms with Crippen LogP contribution in [0, 0.1) is 0 Å². The first-order valence-corrected chi connectivity index (χ1v) is 9.84. The van der Waals surface area contributed by atoms with E-state index >= 15 is 0 Å². The van der Waals surface area contributed by atoms with Gasteiger partial charge in [-0.15, -0.1) is 11.3 Å². The Morgan fingerprint density at radius 2 is 2.06 bits per heavy atom. The molecule has 0 saturated heterocycles. The molecule has 15 heteroatoms. The first kappa shape index (κ1) is 24.7. The summed E-state index contributed by atoms with van der Waals surface area (Å²) >= 11 is 0.996. The Balaban J connectivity index is 2.24. The Hall–Kier alpha value is -3.53. The van der Waals surface area contributed by atoms with Gasteiger partial charge in [-0.25, -0.2) is 9.78 Å². The fourth-order valence-corrected chi connectivity index (χ4v) is 3.25. The number of amides is 2. The van der Waals surface area contributed by atoms with Crippen LogP contribution >= 0.6 is 11.3 Å². The number of carboxylic acid groups (broad SMARTS) is 1. The van der Waals surface area contributed by atoms with Gasteiger partial charge in [-0.2, -0.15) is 0 Å². The summed E-state index contributed by atoms with van der Waals surface area (Å²) in [5.74, 6) is -4.68. The second-order valence-corrected chi connectivity index (χ2v) is 7.09. The molecule has 1 heterocycles. The lowest BCUT2D eigenvalue weighted by atomic mass is 9.75.